The number of rotatable bonds is 7. The molecule has 0 aliphatic heterocycles. The van der Waals surface area contributed by atoms with Crippen molar-refractivity contribution in [3.63, 3.8) is 0 Å². The number of carbonyl (C=O) groups is 1. The standard InChI is InChI=1S/C22H25ClN4O2S/c1-3-10-27-21(19-12-15-11-16(23)8-9-18(15)29-19)25-26-22(27)30-13-20(28)24-17-7-5-4-6-14(17)2/h3,8-9,11-12,14,17H,1,4-7,10,13H2,2H3,(H,24,28)/t14-,17+/m1/s1. The molecule has 1 saturated carbocycles. The highest BCUT2D eigenvalue weighted by atomic mass is 35.5. The van der Waals surface area contributed by atoms with Gasteiger partial charge in [0, 0.05) is 23.0 Å². The molecule has 1 aliphatic rings. The third kappa shape index (κ3) is 4.57. The number of nitrogens with one attached hydrogen (secondary N) is 1. The number of hydrogen-bond acceptors (Lipinski definition) is 5. The molecule has 0 saturated heterocycles. The van der Waals surface area contributed by atoms with E-state index in [-0.39, 0.29) is 11.9 Å². The smallest absolute Gasteiger partial charge is 0.230 e. The minimum Gasteiger partial charge on any atom is -0.453 e. The highest BCUT2D eigenvalue weighted by molar-refractivity contribution is 7.99. The summed E-state index contributed by atoms with van der Waals surface area (Å²) >= 11 is 7.46. The lowest BCUT2D eigenvalue weighted by Crippen LogP contribution is -2.41. The summed E-state index contributed by atoms with van der Waals surface area (Å²) in [5, 5.41) is 14.0. The Balaban J connectivity index is 1.49. The molecule has 1 amide bonds. The first-order valence-electron chi connectivity index (χ1n) is 10.2. The number of hydrogen-bond donors (Lipinski definition) is 1. The predicted octanol–water partition coefficient (Wildman–Crippen LogP) is 5.32. The van der Waals surface area contributed by atoms with Crippen LogP contribution in [0.15, 0.2) is 46.5 Å². The lowest BCUT2D eigenvalue weighted by molar-refractivity contribution is -0.119. The molecular weight excluding hydrogens is 420 g/mol. The SMILES string of the molecule is C=CCn1c(SCC(=O)N[C@H]2CCCC[C@H]2C)nnc1-c1cc2cc(Cl)ccc2o1. The molecule has 0 bridgehead atoms. The molecule has 1 N–H and O–H groups in total. The summed E-state index contributed by atoms with van der Waals surface area (Å²) in [6.07, 6.45) is 6.45. The van der Waals surface area contributed by atoms with Crippen LogP contribution in [0.1, 0.15) is 32.6 Å². The van der Waals surface area contributed by atoms with Crippen molar-refractivity contribution < 1.29 is 9.21 Å². The molecular formula is C22H25ClN4O2S. The average Bonchev–Trinajstić information content (AvgIpc) is 3.32. The quantitative estimate of drug-likeness (QED) is 0.394. The van der Waals surface area contributed by atoms with Gasteiger partial charge in [0.05, 0.1) is 5.75 Å². The fourth-order valence-corrected chi connectivity index (χ4v) is 4.84. The summed E-state index contributed by atoms with van der Waals surface area (Å²) in [5.41, 5.74) is 0.734. The maximum atomic E-state index is 12.5. The van der Waals surface area contributed by atoms with Gasteiger partial charge in [-0.2, -0.15) is 0 Å². The monoisotopic (exact) mass is 444 g/mol. The molecule has 1 aliphatic carbocycles. The molecule has 2 aromatic heterocycles. The van der Waals surface area contributed by atoms with E-state index in [0.717, 1.165) is 17.4 Å². The maximum absolute atomic E-state index is 12.5. The molecule has 3 aromatic rings. The molecule has 6 nitrogen and oxygen atoms in total. The Labute approximate surface area is 185 Å². The second kappa shape index (κ2) is 9.27. The summed E-state index contributed by atoms with van der Waals surface area (Å²) < 4.78 is 7.85. The van der Waals surface area contributed by atoms with Gasteiger partial charge >= 0.3 is 0 Å². The second-order valence-corrected chi connectivity index (χ2v) is 9.10. The largest absolute Gasteiger partial charge is 0.453 e. The van der Waals surface area contributed by atoms with Crippen molar-refractivity contribution in [3.05, 3.63) is 41.9 Å². The summed E-state index contributed by atoms with van der Waals surface area (Å²) in [6, 6.07) is 7.65. The van der Waals surface area contributed by atoms with Gasteiger partial charge in [-0.3, -0.25) is 9.36 Å². The first kappa shape index (κ1) is 21.0. The molecule has 4 rings (SSSR count). The number of benzene rings is 1. The van der Waals surface area contributed by atoms with E-state index in [1.54, 1.807) is 12.1 Å². The molecule has 0 unspecified atom stereocenters. The molecule has 8 heteroatoms. The van der Waals surface area contributed by atoms with Crippen molar-refractivity contribution in [2.75, 3.05) is 5.75 Å². The van der Waals surface area contributed by atoms with Gasteiger partial charge in [-0.1, -0.05) is 49.2 Å². The van der Waals surface area contributed by atoms with Crippen LogP contribution >= 0.6 is 23.4 Å². The molecule has 2 atom stereocenters. The van der Waals surface area contributed by atoms with E-state index in [1.807, 2.05) is 22.8 Å². The van der Waals surface area contributed by atoms with Crippen LogP contribution < -0.4 is 5.32 Å². The number of thioether (sulfide) groups is 1. The first-order chi connectivity index (χ1) is 14.5. The van der Waals surface area contributed by atoms with Gasteiger partial charge in [0.2, 0.25) is 11.7 Å². The molecule has 1 aromatic carbocycles. The van der Waals surface area contributed by atoms with E-state index in [9.17, 15) is 4.79 Å². The van der Waals surface area contributed by atoms with Gasteiger partial charge in [-0.15, -0.1) is 16.8 Å². The van der Waals surface area contributed by atoms with Crippen LogP contribution in [0.3, 0.4) is 0 Å². The molecule has 0 spiro atoms. The third-order valence-corrected chi connectivity index (χ3v) is 6.72. The maximum Gasteiger partial charge on any atom is 0.230 e. The van der Waals surface area contributed by atoms with Crippen LogP contribution in [0.2, 0.25) is 5.02 Å². The zero-order valence-corrected chi connectivity index (χ0v) is 18.5. The topological polar surface area (TPSA) is 73.0 Å². The number of aromatic nitrogens is 3. The van der Waals surface area contributed by atoms with Gasteiger partial charge in [0.15, 0.2) is 10.9 Å². The molecule has 158 valence electrons. The van der Waals surface area contributed by atoms with Gasteiger partial charge < -0.3 is 9.73 Å². The highest BCUT2D eigenvalue weighted by Crippen LogP contribution is 2.31. The zero-order chi connectivity index (χ0) is 21.1. The number of fused-ring (bicyclic) bond motifs is 1. The van der Waals surface area contributed by atoms with Gasteiger partial charge in [0.1, 0.15) is 5.58 Å². The fraction of sp³-hybridized carbons (Fsp3) is 0.409. The fourth-order valence-electron chi connectivity index (χ4n) is 3.91. The van der Waals surface area contributed by atoms with E-state index >= 15 is 0 Å². The number of nitrogens with zero attached hydrogens (tertiary/aromatic N) is 3. The Kier molecular flexibility index (Phi) is 6.49. The van der Waals surface area contributed by atoms with Crippen LogP contribution in [-0.4, -0.2) is 32.5 Å². The Morgan fingerprint density at radius 3 is 3.00 bits per heavy atom. The van der Waals surface area contributed by atoms with Crippen LogP contribution in [0.5, 0.6) is 0 Å². The lowest BCUT2D eigenvalue weighted by Gasteiger charge is -2.29. The van der Waals surface area contributed by atoms with Crippen molar-refractivity contribution >= 4 is 40.2 Å². The normalized spacial score (nSPS) is 19.1. The molecule has 2 heterocycles. The van der Waals surface area contributed by atoms with E-state index in [2.05, 4.69) is 29.0 Å². The Morgan fingerprint density at radius 1 is 1.37 bits per heavy atom. The van der Waals surface area contributed by atoms with Gasteiger partial charge in [0.25, 0.3) is 0 Å². The van der Waals surface area contributed by atoms with E-state index < -0.39 is 0 Å². The second-order valence-electron chi connectivity index (χ2n) is 7.72. The Morgan fingerprint density at radius 2 is 2.20 bits per heavy atom. The summed E-state index contributed by atoms with van der Waals surface area (Å²) in [5.74, 6) is 2.07. The molecule has 0 radical (unpaired) electrons. The average molecular weight is 445 g/mol. The number of halogens is 1. The number of carbonyl (C=O) groups excluding carboxylic acids is 1. The highest BCUT2D eigenvalue weighted by Gasteiger charge is 2.23. The summed E-state index contributed by atoms with van der Waals surface area (Å²) in [7, 11) is 0. The minimum atomic E-state index is 0.0341. The molecule has 1 fully saturated rings. The van der Waals surface area contributed by atoms with Gasteiger partial charge in [-0.05, 0) is 43.0 Å². The Hall–Kier alpha value is -2.25. The van der Waals surface area contributed by atoms with Crippen molar-refractivity contribution in [3.8, 4) is 11.6 Å². The van der Waals surface area contributed by atoms with Crippen LogP contribution in [0.25, 0.3) is 22.6 Å². The third-order valence-electron chi connectivity index (χ3n) is 5.52. The van der Waals surface area contributed by atoms with Crippen molar-refractivity contribution in [2.24, 2.45) is 5.92 Å². The summed E-state index contributed by atoms with van der Waals surface area (Å²) in [6.45, 7) is 6.56. The Bertz CT molecular complexity index is 1060. The van der Waals surface area contributed by atoms with Gasteiger partial charge in [-0.25, -0.2) is 0 Å². The van der Waals surface area contributed by atoms with E-state index in [0.29, 0.717) is 40.0 Å². The van der Waals surface area contributed by atoms with Crippen LogP contribution in [0.4, 0.5) is 0 Å². The van der Waals surface area contributed by atoms with Crippen LogP contribution in [0, 0.1) is 5.92 Å². The van der Waals surface area contributed by atoms with E-state index in [1.165, 1.54) is 31.0 Å². The molecule has 30 heavy (non-hydrogen) atoms. The van der Waals surface area contributed by atoms with E-state index in [4.69, 9.17) is 16.0 Å². The predicted molar refractivity (Wildman–Crippen MR) is 121 cm³/mol. The van der Waals surface area contributed by atoms with Crippen molar-refractivity contribution in [1.29, 1.82) is 0 Å². The zero-order valence-electron chi connectivity index (χ0n) is 16.9. The first-order valence-corrected chi connectivity index (χ1v) is 11.6. The van der Waals surface area contributed by atoms with Crippen LogP contribution in [-0.2, 0) is 11.3 Å². The summed E-state index contributed by atoms with van der Waals surface area (Å²) in [4.78, 5) is 12.5. The minimum absolute atomic E-state index is 0.0341. The lowest BCUT2D eigenvalue weighted by atomic mass is 9.86. The number of amides is 1. The number of furan rings is 1. The number of allylic oxidation sites excluding steroid dienone is 1. The van der Waals surface area contributed by atoms with Crippen molar-refractivity contribution in [2.45, 2.75) is 50.4 Å². The van der Waals surface area contributed by atoms with Crippen molar-refractivity contribution in [1.82, 2.24) is 20.1 Å².